The molecule has 0 aromatic carbocycles. The van der Waals surface area contributed by atoms with Crippen LogP contribution in [0.4, 0.5) is 0 Å². The van der Waals surface area contributed by atoms with Gasteiger partial charge < -0.3 is 5.32 Å². The van der Waals surface area contributed by atoms with Crippen LogP contribution >= 0.6 is 0 Å². The molecular weight excluding hydrogens is 100 g/mol. The van der Waals surface area contributed by atoms with Crippen molar-refractivity contribution in [1.29, 1.82) is 0 Å². The Bertz CT molecular complexity index is 107. The maximum Gasteiger partial charge on any atom is 0.0675 e. The first kappa shape index (κ1) is 5.63. The Labute approximate surface area is 50.2 Å². The molecule has 0 fully saturated rings. The van der Waals surface area contributed by atoms with Crippen LogP contribution in [0, 0.1) is 0 Å². The molecule has 0 saturated carbocycles. The fourth-order valence-electron chi connectivity index (χ4n) is 0.689. The van der Waals surface area contributed by atoms with E-state index in [1.807, 2.05) is 0 Å². The summed E-state index contributed by atoms with van der Waals surface area (Å²) in [5.41, 5.74) is 1.29. The van der Waals surface area contributed by atoms with Gasteiger partial charge in [0.2, 0.25) is 0 Å². The molecule has 0 radical (unpaired) electrons. The van der Waals surface area contributed by atoms with Crippen molar-refractivity contribution in [2.75, 3.05) is 20.3 Å². The minimum Gasteiger partial charge on any atom is -0.376 e. The lowest BCUT2D eigenvalue weighted by atomic mass is 10.4. The van der Waals surface area contributed by atoms with Crippen LogP contribution in [0.5, 0.6) is 0 Å². The SMILES string of the molecule is CC1=CCN(C)CN1. The molecule has 1 N–H and O–H groups in total. The first-order chi connectivity index (χ1) is 3.79. The van der Waals surface area contributed by atoms with Crippen molar-refractivity contribution in [3.8, 4) is 0 Å². The second kappa shape index (κ2) is 2.18. The van der Waals surface area contributed by atoms with Gasteiger partial charge in [0, 0.05) is 12.2 Å². The minimum absolute atomic E-state index is 0.988. The van der Waals surface area contributed by atoms with E-state index in [0.717, 1.165) is 13.2 Å². The lowest BCUT2D eigenvalue weighted by Crippen LogP contribution is -2.34. The van der Waals surface area contributed by atoms with E-state index in [0.29, 0.717) is 0 Å². The number of rotatable bonds is 0. The smallest absolute Gasteiger partial charge is 0.0675 e. The van der Waals surface area contributed by atoms with Crippen molar-refractivity contribution in [2.24, 2.45) is 0 Å². The van der Waals surface area contributed by atoms with Crippen LogP contribution in [0.2, 0.25) is 0 Å². The molecule has 0 amide bonds. The molecule has 1 heterocycles. The monoisotopic (exact) mass is 112 g/mol. The number of hydrogen-bond acceptors (Lipinski definition) is 2. The zero-order chi connectivity index (χ0) is 5.98. The molecule has 0 bridgehead atoms. The fourth-order valence-corrected chi connectivity index (χ4v) is 0.689. The predicted octanol–water partition coefficient (Wildman–Crippen LogP) is 0.383. The number of nitrogens with zero attached hydrogens (tertiary/aromatic N) is 1. The third-order valence-corrected chi connectivity index (χ3v) is 1.34. The van der Waals surface area contributed by atoms with Gasteiger partial charge in [-0.3, -0.25) is 4.90 Å². The van der Waals surface area contributed by atoms with Crippen molar-refractivity contribution >= 4 is 0 Å². The maximum absolute atomic E-state index is 3.22. The molecular formula is C6H12N2. The van der Waals surface area contributed by atoms with Crippen LogP contribution < -0.4 is 5.32 Å². The van der Waals surface area contributed by atoms with Gasteiger partial charge in [0.25, 0.3) is 0 Å². The summed E-state index contributed by atoms with van der Waals surface area (Å²) in [6, 6.07) is 0. The Hall–Kier alpha value is -0.500. The third-order valence-electron chi connectivity index (χ3n) is 1.34. The quantitative estimate of drug-likeness (QED) is 0.487. The molecule has 1 aliphatic rings. The molecule has 1 aliphatic heterocycles. The average Bonchev–Trinajstić information content (AvgIpc) is 1.77. The average molecular weight is 112 g/mol. The molecule has 2 heteroatoms. The summed E-state index contributed by atoms with van der Waals surface area (Å²) in [4.78, 5) is 2.22. The molecule has 0 spiro atoms. The number of allylic oxidation sites excluding steroid dienone is 1. The molecule has 0 aromatic rings. The van der Waals surface area contributed by atoms with E-state index >= 15 is 0 Å². The van der Waals surface area contributed by atoms with E-state index < -0.39 is 0 Å². The molecule has 46 valence electrons. The third kappa shape index (κ3) is 1.23. The molecule has 8 heavy (non-hydrogen) atoms. The Morgan fingerprint density at radius 3 is 2.88 bits per heavy atom. The number of hydrogen-bond donors (Lipinski definition) is 1. The standard InChI is InChI=1S/C6H12N2/c1-6-3-4-8(2)5-7-6/h3,7H,4-5H2,1-2H3. The molecule has 0 saturated heterocycles. The van der Waals surface area contributed by atoms with Crippen LogP contribution in [0.1, 0.15) is 6.92 Å². The Balaban J connectivity index is 2.42. The topological polar surface area (TPSA) is 15.3 Å². The van der Waals surface area contributed by atoms with Gasteiger partial charge in [0.1, 0.15) is 0 Å². The van der Waals surface area contributed by atoms with E-state index in [1.54, 1.807) is 0 Å². The van der Waals surface area contributed by atoms with Gasteiger partial charge in [-0.2, -0.15) is 0 Å². The van der Waals surface area contributed by atoms with Crippen molar-refractivity contribution in [3.05, 3.63) is 11.8 Å². The molecule has 2 nitrogen and oxygen atoms in total. The second-order valence-electron chi connectivity index (χ2n) is 2.26. The normalized spacial score (nSPS) is 22.0. The van der Waals surface area contributed by atoms with E-state index in [9.17, 15) is 0 Å². The maximum atomic E-state index is 3.22. The highest BCUT2D eigenvalue weighted by molar-refractivity contribution is 4.99. The highest BCUT2D eigenvalue weighted by Crippen LogP contribution is 1.94. The number of likely N-dealkylation sites (N-methyl/N-ethyl adjacent to an activating group) is 1. The van der Waals surface area contributed by atoms with Crippen LogP contribution in [-0.2, 0) is 0 Å². The van der Waals surface area contributed by atoms with E-state index in [2.05, 4.69) is 30.3 Å². The van der Waals surface area contributed by atoms with Gasteiger partial charge >= 0.3 is 0 Å². The first-order valence-electron chi connectivity index (χ1n) is 2.88. The molecule has 0 atom stereocenters. The van der Waals surface area contributed by atoms with Gasteiger partial charge in [-0.05, 0) is 14.0 Å². The zero-order valence-corrected chi connectivity index (χ0v) is 5.44. The Morgan fingerprint density at radius 2 is 2.50 bits per heavy atom. The summed E-state index contributed by atoms with van der Waals surface area (Å²) in [6.07, 6.45) is 2.18. The Kier molecular flexibility index (Phi) is 1.53. The minimum atomic E-state index is 0.988. The summed E-state index contributed by atoms with van der Waals surface area (Å²) in [5, 5.41) is 3.22. The van der Waals surface area contributed by atoms with Crippen molar-refractivity contribution in [2.45, 2.75) is 6.92 Å². The molecule has 0 aromatic heterocycles. The summed E-state index contributed by atoms with van der Waals surface area (Å²) in [6.45, 7) is 4.16. The van der Waals surface area contributed by atoms with Crippen LogP contribution in [0.3, 0.4) is 0 Å². The summed E-state index contributed by atoms with van der Waals surface area (Å²) in [7, 11) is 2.09. The summed E-state index contributed by atoms with van der Waals surface area (Å²) in [5.74, 6) is 0. The summed E-state index contributed by atoms with van der Waals surface area (Å²) >= 11 is 0. The predicted molar refractivity (Wildman–Crippen MR) is 34.4 cm³/mol. The zero-order valence-electron chi connectivity index (χ0n) is 5.44. The lowest BCUT2D eigenvalue weighted by molar-refractivity contribution is 0.334. The van der Waals surface area contributed by atoms with Gasteiger partial charge in [-0.1, -0.05) is 6.08 Å². The Morgan fingerprint density at radius 1 is 1.75 bits per heavy atom. The van der Waals surface area contributed by atoms with Gasteiger partial charge in [-0.15, -0.1) is 0 Å². The van der Waals surface area contributed by atoms with E-state index in [1.165, 1.54) is 5.70 Å². The van der Waals surface area contributed by atoms with Crippen molar-refractivity contribution in [3.63, 3.8) is 0 Å². The lowest BCUT2D eigenvalue weighted by Gasteiger charge is -2.21. The van der Waals surface area contributed by atoms with E-state index in [4.69, 9.17) is 0 Å². The van der Waals surface area contributed by atoms with Crippen LogP contribution in [0.15, 0.2) is 11.8 Å². The highest BCUT2D eigenvalue weighted by atomic mass is 15.2. The molecule has 1 rings (SSSR count). The van der Waals surface area contributed by atoms with Gasteiger partial charge in [0.15, 0.2) is 0 Å². The highest BCUT2D eigenvalue weighted by Gasteiger charge is 1.99. The largest absolute Gasteiger partial charge is 0.376 e. The molecule has 0 aliphatic carbocycles. The van der Waals surface area contributed by atoms with Gasteiger partial charge in [-0.25, -0.2) is 0 Å². The van der Waals surface area contributed by atoms with Crippen molar-refractivity contribution in [1.82, 2.24) is 10.2 Å². The van der Waals surface area contributed by atoms with Gasteiger partial charge in [0.05, 0.1) is 6.67 Å². The summed E-state index contributed by atoms with van der Waals surface area (Å²) < 4.78 is 0. The van der Waals surface area contributed by atoms with E-state index in [-0.39, 0.29) is 0 Å². The fraction of sp³-hybridized carbons (Fsp3) is 0.667. The second-order valence-corrected chi connectivity index (χ2v) is 2.26. The van der Waals surface area contributed by atoms with Crippen LogP contribution in [0.25, 0.3) is 0 Å². The van der Waals surface area contributed by atoms with Crippen LogP contribution in [-0.4, -0.2) is 25.2 Å². The number of nitrogens with one attached hydrogen (secondary N) is 1. The first-order valence-corrected chi connectivity index (χ1v) is 2.88. The molecule has 0 unspecified atom stereocenters. The van der Waals surface area contributed by atoms with Crippen molar-refractivity contribution < 1.29 is 0 Å².